The fourth-order valence-electron chi connectivity index (χ4n) is 1.06. The van der Waals surface area contributed by atoms with Crippen LogP contribution in [0.5, 0.6) is 0 Å². The zero-order valence-corrected chi connectivity index (χ0v) is 10.5. The molecule has 0 heterocycles. The van der Waals surface area contributed by atoms with Crippen molar-refractivity contribution in [3.8, 4) is 0 Å². The SMILES string of the molecule is COC(=O)C(=[N+]=N)C(=O)c1ccccc1I. The molecule has 1 rings (SSSR count). The summed E-state index contributed by atoms with van der Waals surface area (Å²) in [6.45, 7) is 0. The molecule has 0 aliphatic rings. The number of benzene rings is 1. The average Bonchev–Trinajstić information content (AvgIpc) is 2.30. The lowest BCUT2D eigenvalue weighted by Crippen LogP contribution is -2.27. The maximum absolute atomic E-state index is 11.8. The number of rotatable bonds is 3. The van der Waals surface area contributed by atoms with Gasteiger partial charge in [0.05, 0.1) is 17.4 Å². The van der Waals surface area contributed by atoms with Gasteiger partial charge >= 0.3 is 11.7 Å². The van der Waals surface area contributed by atoms with Crippen LogP contribution in [0.15, 0.2) is 24.3 Å². The Bertz CT molecular complexity index is 493. The average molecular weight is 331 g/mol. The lowest BCUT2D eigenvalue weighted by Gasteiger charge is -1.97. The Hall–Kier alpha value is -1.53. The zero-order chi connectivity index (χ0) is 12.1. The molecule has 1 aromatic carbocycles. The fourth-order valence-corrected chi connectivity index (χ4v) is 1.69. The molecule has 0 fully saturated rings. The van der Waals surface area contributed by atoms with E-state index in [-0.39, 0.29) is 0 Å². The lowest BCUT2D eigenvalue weighted by molar-refractivity contribution is -0.149. The highest BCUT2D eigenvalue weighted by molar-refractivity contribution is 14.1. The molecule has 0 atom stereocenters. The predicted molar refractivity (Wildman–Crippen MR) is 63.5 cm³/mol. The molecule has 0 amide bonds. The monoisotopic (exact) mass is 331 g/mol. The second-order valence-corrected chi connectivity index (χ2v) is 3.92. The van der Waals surface area contributed by atoms with Gasteiger partial charge in [0.15, 0.2) is 0 Å². The standard InChI is InChI=1S/C10H8IN2O3/c1-16-10(15)8(13-12)9(14)6-4-2-3-5-7(6)11/h2-5,12H,1H3/q+1. The summed E-state index contributed by atoms with van der Waals surface area (Å²) < 4.78 is 5.06. The number of ketones is 1. The van der Waals surface area contributed by atoms with E-state index in [1.165, 1.54) is 0 Å². The van der Waals surface area contributed by atoms with E-state index in [1.807, 2.05) is 22.6 Å². The topological polar surface area (TPSA) is 81.3 Å². The molecular weight excluding hydrogens is 323 g/mol. The number of esters is 1. The minimum absolute atomic E-state index is 0.333. The van der Waals surface area contributed by atoms with Crippen LogP contribution in [0.3, 0.4) is 0 Å². The highest BCUT2D eigenvalue weighted by atomic mass is 127. The van der Waals surface area contributed by atoms with Crippen LogP contribution in [0.1, 0.15) is 10.4 Å². The van der Waals surface area contributed by atoms with Crippen LogP contribution >= 0.6 is 22.6 Å². The quantitative estimate of drug-likeness (QED) is 0.173. The molecule has 5 nitrogen and oxygen atoms in total. The molecule has 82 valence electrons. The molecule has 1 aromatic rings. The Kier molecular flexibility index (Phi) is 4.33. The van der Waals surface area contributed by atoms with Gasteiger partial charge in [-0.1, -0.05) is 12.1 Å². The molecular formula is C10H8IN2O3+. The van der Waals surface area contributed by atoms with E-state index < -0.39 is 17.5 Å². The van der Waals surface area contributed by atoms with E-state index in [0.29, 0.717) is 9.13 Å². The van der Waals surface area contributed by atoms with Crippen molar-refractivity contribution < 1.29 is 19.1 Å². The first-order chi connectivity index (χ1) is 7.61. The second-order valence-electron chi connectivity index (χ2n) is 2.76. The van der Waals surface area contributed by atoms with Gasteiger partial charge in [-0.25, -0.2) is 4.79 Å². The van der Waals surface area contributed by atoms with E-state index in [9.17, 15) is 9.59 Å². The van der Waals surface area contributed by atoms with Crippen molar-refractivity contribution in [3.63, 3.8) is 0 Å². The van der Waals surface area contributed by atoms with Crippen molar-refractivity contribution >= 4 is 40.1 Å². The van der Waals surface area contributed by atoms with Gasteiger partial charge < -0.3 is 4.74 Å². The molecule has 0 radical (unpaired) electrons. The van der Waals surface area contributed by atoms with Crippen LogP contribution in [0, 0.1) is 9.10 Å². The molecule has 0 aromatic heterocycles. The number of hydrogen-bond donors (Lipinski definition) is 1. The third-order valence-electron chi connectivity index (χ3n) is 1.82. The van der Waals surface area contributed by atoms with E-state index in [0.717, 1.165) is 7.11 Å². The molecule has 16 heavy (non-hydrogen) atoms. The van der Waals surface area contributed by atoms with Crippen molar-refractivity contribution in [1.82, 2.24) is 0 Å². The summed E-state index contributed by atoms with van der Waals surface area (Å²) in [4.78, 5) is 25.9. The van der Waals surface area contributed by atoms with E-state index >= 15 is 0 Å². The van der Waals surface area contributed by atoms with Crippen LogP contribution in [-0.2, 0) is 9.53 Å². The maximum atomic E-state index is 11.8. The van der Waals surface area contributed by atoms with Gasteiger partial charge in [-0.05, 0) is 34.7 Å². The second kappa shape index (κ2) is 5.53. The first-order valence-electron chi connectivity index (χ1n) is 4.23. The van der Waals surface area contributed by atoms with E-state index in [1.54, 1.807) is 24.3 Å². The molecule has 0 unspecified atom stereocenters. The first-order valence-corrected chi connectivity index (χ1v) is 5.31. The minimum atomic E-state index is -0.903. The van der Waals surface area contributed by atoms with Crippen LogP contribution < -0.4 is 0 Å². The zero-order valence-electron chi connectivity index (χ0n) is 8.36. The predicted octanol–water partition coefficient (Wildman–Crippen LogP) is 1.33. The summed E-state index contributed by atoms with van der Waals surface area (Å²) >= 11 is 1.97. The van der Waals surface area contributed by atoms with Crippen molar-refractivity contribution in [2.45, 2.75) is 0 Å². The Morgan fingerprint density at radius 3 is 2.50 bits per heavy atom. The minimum Gasteiger partial charge on any atom is -0.460 e. The van der Waals surface area contributed by atoms with Gasteiger partial charge in [-0.15, -0.1) is 0 Å². The molecule has 6 heteroatoms. The number of hydrogen-bond acceptors (Lipinski definition) is 4. The molecule has 0 spiro atoms. The van der Waals surface area contributed by atoms with Gasteiger partial charge in [0.25, 0.3) is 5.78 Å². The number of methoxy groups -OCH3 is 1. The van der Waals surface area contributed by atoms with Crippen LogP contribution in [-0.4, -0.2) is 29.4 Å². The number of carbonyl (C=O) groups is 2. The number of carbonyl (C=O) groups excluding carboxylic acids is 2. The number of ether oxygens (including phenoxy) is 1. The highest BCUT2D eigenvalue weighted by Gasteiger charge is 2.35. The normalized spacial score (nSPS) is 9.12. The van der Waals surface area contributed by atoms with Crippen molar-refractivity contribution in [3.05, 3.63) is 33.4 Å². The molecule has 0 aliphatic carbocycles. The Morgan fingerprint density at radius 1 is 1.38 bits per heavy atom. The van der Waals surface area contributed by atoms with Crippen molar-refractivity contribution in [1.29, 1.82) is 5.53 Å². The summed E-state index contributed by atoms with van der Waals surface area (Å²) in [5.41, 5.74) is 6.62. The summed E-state index contributed by atoms with van der Waals surface area (Å²) in [6.07, 6.45) is 0. The first kappa shape index (κ1) is 12.5. The van der Waals surface area contributed by atoms with Gasteiger partial charge in [0.2, 0.25) is 0 Å². The summed E-state index contributed by atoms with van der Waals surface area (Å²) in [5, 5.41) is 0. The summed E-state index contributed by atoms with van der Waals surface area (Å²) in [6, 6.07) is 6.74. The molecule has 0 bridgehead atoms. The summed E-state index contributed by atoms with van der Waals surface area (Å²) in [5.74, 6) is -1.51. The van der Waals surface area contributed by atoms with E-state index in [4.69, 9.17) is 5.53 Å². The third kappa shape index (κ3) is 2.53. The Labute approximate surface area is 105 Å². The van der Waals surface area contributed by atoms with Crippen LogP contribution in [0.2, 0.25) is 0 Å². The van der Waals surface area contributed by atoms with Crippen LogP contribution in [0.4, 0.5) is 0 Å². The fraction of sp³-hybridized carbons (Fsp3) is 0.100. The number of halogens is 1. The number of nitrogens with zero attached hydrogens (tertiary/aromatic N) is 1. The van der Waals surface area contributed by atoms with Gasteiger partial charge in [0, 0.05) is 9.13 Å². The smallest absolute Gasteiger partial charge is 0.460 e. The summed E-state index contributed by atoms with van der Waals surface area (Å²) in [7, 11) is 1.14. The Balaban J connectivity index is 3.17. The Morgan fingerprint density at radius 2 is 2.00 bits per heavy atom. The van der Waals surface area contributed by atoms with Gasteiger partial charge in [-0.3, -0.25) is 4.79 Å². The largest absolute Gasteiger partial charge is 0.495 e. The number of Topliss-reactive ketones (excluding diaryl/α,β-unsaturated/α-hetero) is 1. The van der Waals surface area contributed by atoms with Crippen LogP contribution in [0.25, 0.3) is 0 Å². The lowest BCUT2D eigenvalue weighted by atomic mass is 10.1. The number of nitrogens with one attached hydrogen (secondary N) is 1. The van der Waals surface area contributed by atoms with Gasteiger partial charge in [0.1, 0.15) is 0 Å². The third-order valence-corrected chi connectivity index (χ3v) is 2.76. The molecule has 0 aliphatic heterocycles. The van der Waals surface area contributed by atoms with Gasteiger partial charge in [-0.2, -0.15) is 0 Å². The van der Waals surface area contributed by atoms with Crippen molar-refractivity contribution in [2.75, 3.05) is 7.11 Å². The maximum Gasteiger partial charge on any atom is 0.495 e. The molecule has 0 saturated heterocycles. The highest BCUT2D eigenvalue weighted by Crippen LogP contribution is 2.12. The van der Waals surface area contributed by atoms with Crippen molar-refractivity contribution in [2.24, 2.45) is 0 Å². The molecule has 0 saturated carbocycles. The van der Waals surface area contributed by atoms with E-state index in [2.05, 4.69) is 9.53 Å². The molecule has 1 N–H and O–H groups in total.